The Kier molecular flexibility index (Phi) is 7.84. The molecule has 7 heteroatoms. The van der Waals surface area contributed by atoms with E-state index in [9.17, 15) is 15.2 Å². The number of ether oxygens (including phenoxy) is 1. The van der Waals surface area contributed by atoms with Crippen molar-refractivity contribution in [3.63, 3.8) is 0 Å². The van der Waals surface area contributed by atoms with Gasteiger partial charge in [0.15, 0.2) is 0 Å². The number of nitriles is 1. The first-order valence-electron chi connectivity index (χ1n) is 11.2. The number of carbonyl (C=O) groups excluding carboxylic acids is 1. The molecule has 1 aliphatic heterocycles. The molecule has 1 amide bonds. The molecule has 3 atom stereocenters. The van der Waals surface area contributed by atoms with Crippen molar-refractivity contribution < 1.29 is 14.6 Å². The van der Waals surface area contributed by atoms with Crippen LogP contribution in [0.4, 0.5) is 0 Å². The molecule has 0 radical (unpaired) electrons. The number of fused-ring (bicyclic) bond motifs is 1. The number of nitrogens with zero attached hydrogens (tertiary/aromatic N) is 4. The Morgan fingerprint density at radius 2 is 2.16 bits per heavy atom. The first kappa shape index (κ1) is 23.7. The number of carbonyl (C=O) groups is 1. The average Bonchev–Trinajstić information content (AvgIpc) is 2.80. The number of hydrogen-bond donors (Lipinski definition) is 1. The third-order valence-corrected chi connectivity index (χ3v) is 5.94. The van der Waals surface area contributed by atoms with E-state index in [0.717, 1.165) is 30.6 Å². The Balaban J connectivity index is 2.04. The number of pyridine rings is 1. The molecule has 1 N–H and O–H groups in total. The lowest BCUT2D eigenvalue weighted by atomic mass is 9.98. The minimum Gasteiger partial charge on any atom is -0.472 e. The van der Waals surface area contributed by atoms with Gasteiger partial charge in [0.05, 0.1) is 24.3 Å². The number of aliphatic hydroxyl groups is 1. The Hall–Kier alpha value is -2.95. The minimum atomic E-state index is -0.324. The van der Waals surface area contributed by atoms with Crippen molar-refractivity contribution in [3.8, 4) is 23.1 Å². The van der Waals surface area contributed by atoms with E-state index in [1.54, 1.807) is 29.3 Å². The van der Waals surface area contributed by atoms with Gasteiger partial charge in [-0.05, 0) is 50.7 Å². The van der Waals surface area contributed by atoms with Crippen molar-refractivity contribution in [2.45, 2.75) is 39.3 Å². The third kappa shape index (κ3) is 5.26. The molecular formula is C25H32N4O3. The second-order valence-electron chi connectivity index (χ2n) is 8.65. The molecular weight excluding hydrogens is 404 g/mol. The molecule has 0 saturated carbocycles. The van der Waals surface area contributed by atoms with Crippen molar-refractivity contribution >= 4 is 5.91 Å². The van der Waals surface area contributed by atoms with Gasteiger partial charge >= 0.3 is 0 Å². The molecule has 1 aliphatic rings. The Bertz CT molecular complexity index is 987. The molecule has 7 nitrogen and oxygen atoms in total. The lowest BCUT2D eigenvalue weighted by Crippen LogP contribution is -2.50. The summed E-state index contributed by atoms with van der Waals surface area (Å²) in [5.74, 6) is 0.167. The van der Waals surface area contributed by atoms with Gasteiger partial charge in [-0.25, -0.2) is 4.98 Å². The molecule has 170 valence electrons. The summed E-state index contributed by atoms with van der Waals surface area (Å²) in [5, 5.41) is 19.0. The standard InChI is InChI=1S/C25H32N4O3/c1-5-9-28(4)15-23-17(2)14-29(18(3)16-30)25(31)22-11-21(13-27-24(22)32-23)20-8-6-7-19(10-20)12-26/h6-8,10-11,13,17-18,23,30H,5,9,14-16H2,1-4H3/t17-,18+,23-/m0/s1. The fraction of sp³-hybridized carbons (Fsp3) is 0.480. The summed E-state index contributed by atoms with van der Waals surface area (Å²) in [7, 11) is 2.07. The third-order valence-electron chi connectivity index (χ3n) is 5.94. The van der Waals surface area contributed by atoms with Gasteiger partial charge in [0.25, 0.3) is 5.91 Å². The summed E-state index contributed by atoms with van der Waals surface area (Å²) in [6.45, 7) is 8.10. The van der Waals surface area contributed by atoms with E-state index in [-0.39, 0.29) is 30.6 Å². The van der Waals surface area contributed by atoms with Gasteiger partial charge in [0.1, 0.15) is 11.7 Å². The minimum absolute atomic E-state index is 0.0641. The first-order chi connectivity index (χ1) is 15.4. The highest BCUT2D eigenvalue weighted by Crippen LogP contribution is 2.30. The van der Waals surface area contributed by atoms with Gasteiger partial charge in [-0.1, -0.05) is 26.0 Å². The SMILES string of the molecule is CCCN(C)C[C@@H]1Oc2ncc(-c3cccc(C#N)c3)cc2C(=O)N([C@H](C)CO)C[C@@H]1C. The van der Waals surface area contributed by atoms with E-state index in [2.05, 4.69) is 36.8 Å². The van der Waals surface area contributed by atoms with Crippen molar-refractivity contribution in [2.24, 2.45) is 5.92 Å². The smallest absolute Gasteiger partial charge is 0.259 e. The predicted octanol–water partition coefficient (Wildman–Crippen LogP) is 3.18. The quantitative estimate of drug-likeness (QED) is 0.717. The molecule has 1 aromatic heterocycles. The van der Waals surface area contributed by atoms with Gasteiger partial charge in [-0.2, -0.15) is 5.26 Å². The number of rotatable bonds is 7. The van der Waals surface area contributed by atoms with Crippen LogP contribution >= 0.6 is 0 Å². The average molecular weight is 437 g/mol. The van der Waals surface area contributed by atoms with Crippen LogP contribution in [-0.4, -0.2) is 71.2 Å². The molecule has 1 aromatic carbocycles. The molecule has 2 heterocycles. The van der Waals surface area contributed by atoms with Gasteiger partial charge in [0.2, 0.25) is 5.88 Å². The van der Waals surface area contributed by atoms with E-state index in [0.29, 0.717) is 23.6 Å². The van der Waals surface area contributed by atoms with Crippen LogP contribution in [0.15, 0.2) is 36.5 Å². The first-order valence-corrected chi connectivity index (χ1v) is 11.2. The molecule has 0 aliphatic carbocycles. The zero-order valence-electron chi connectivity index (χ0n) is 19.3. The number of benzene rings is 1. The normalized spacial score (nSPS) is 19.5. The van der Waals surface area contributed by atoms with Crippen molar-refractivity contribution in [3.05, 3.63) is 47.7 Å². The second-order valence-corrected chi connectivity index (χ2v) is 8.65. The van der Waals surface area contributed by atoms with Gasteiger partial charge in [-0.15, -0.1) is 0 Å². The summed E-state index contributed by atoms with van der Waals surface area (Å²) < 4.78 is 6.32. The van der Waals surface area contributed by atoms with E-state index >= 15 is 0 Å². The Morgan fingerprint density at radius 1 is 1.38 bits per heavy atom. The number of aliphatic hydroxyl groups excluding tert-OH is 1. The molecule has 2 aromatic rings. The molecule has 0 unspecified atom stereocenters. The van der Waals surface area contributed by atoms with Crippen LogP contribution < -0.4 is 4.74 Å². The fourth-order valence-corrected chi connectivity index (χ4v) is 4.03. The fourth-order valence-electron chi connectivity index (χ4n) is 4.03. The van der Waals surface area contributed by atoms with E-state index in [4.69, 9.17) is 4.74 Å². The van der Waals surface area contributed by atoms with Crippen LogP contribution in [0, 0.1) is 17.2 Å². The van der Waals surface area contributed by atoms with Crippen LogP contribution in [0.25, 0.3) is 11.1 Å². The Labute approximate surface area is 190 Å². The van der Waals surface area contributed by atoms with E-state index in [1.165, 1.54) is 0 Å². The number of likely N-dealkylation sites (N-methyl/N-ethyl adjacent to an activating group) is 1. The van der Waals surface area contributed by atoms with Crippen molar-refractivity contribution in [2.75, 3.05) is 33.3 Å². The van der Waals surface area contributed by atoms with Gasteiger partial charge in [0, 0.05) is 30.8 Å². The summed E-state index contributed by atoms with van der Waals surface area (Å²) in [6, 6.07) is 10.8. The maximum absolute atomic E-state index is 13.5. The zero-order chi connectivity index (χ0) is 23.3. The molecule has 0 saturated heterocycles. The summed E-state index contributed by atoms with van der Waals surface area (Å²) >= 11 is 0. The molecule has 0 spiro atoms. The topological polar surface area (TPSA) is 89.7 Å². The molecule has 0 bridgehead atoms. The van der Waals surface area contributed by atoms with Crippen molar-refractivity contribution in [1.82, 2.24) is 14.8 Å². The predicted molar refractivity (Wildman–Crippen MR) is 123 cm³/mol. The summed E-state index contributed by atoms with van der Waals surface area (Å²) in [6.07, 6.45) is 2.58. The van der Waals surface area contributed by atoms with Crippen LogP contribution in [0.1, 0.15) is 43.1 Å². The highest BCUT2D eigenvalue weighted by Gasteiger charge is 2.34. The highest BCUT2D eigenvalue weighted by molar-refractivity contribution is 5.98. The highest BCUT2D eigenvalue weighted by atomic mass is 16.5. The largest absolute Gasteiger partial charge is 0.472 e. The Morgan fingerprint density at radius 3 is 2.84 bits per heavy atom. The van der Waals surface area contributed by atoms with E-state index < -0.39 is 0 Å². The number of hydrogen-bond acceptors (Lipinski definition) is 6. The van der Waals surface area contributed by atoms with Crippen LogP contribution in [0.5, 0.6) is 5.88 Å². The van der Waals surface area contributed by atoms with Crippen LogP contribution in [0.2, 0.25) is 0 Å². The molecule has 32 heavy (non-hydrogen) atoms. The lowest BCUT2D eigenvalue weighted by molar-refractivity contribution is 0.0331. The second kappa shape index (κ2) is 10.6. The van der Waals surface area contributed by atoms with Crippen LogP contribution in [-0.2, 0) is 0 Å². The zero-order valence-corrected chi connectivity index (χ0v) is 19.3. The number of aromatic nitrogens is 1. The lowest BCUT2D eigenvalue weighted by Gasteiger charge is -2.37. The van der Waals surface area contributed by atoms with Gasteiger partial charge in [-0.3, -0.25) is 4.79 Å². The maximum atomic E-state index is 13.5. The molecule has 0 fully saturated rings. The van der Waals surface area contributed by atoms with Crippen LogP contribution in [0.3, 0.4) is 0 Å². The van der Waals surface area contributed by atoms with E-state index in [1.807, 2.05) is 19.1 Å². The summed E-state index contributed by atoms with van der Waals surface area (Å²) in [4.78, 5) is 22.0. The summed E-state index contributed by atoms with van der Waals surface area (Å²) in [5.41, 5.74) is 2.46. The number of amides is 1. The maximum Gasteiger partial charge on any atom is 0.259 e. The van der Waals surface area contributed by atoms with Crippen molar-refractivity contribution in [1.29, 1.82) is 5.26 Å². The molecule has 3 rings (SSSR count). The monoisotopic (exact) mass is 436 g/mol. The van der Waals surface area contributed by atoms with Gasteiger partial charge < -0.3 is 19.6 Å².